The van der Waals surface area contributed by atoms with Gasteiger partial charge in [-0.3, -0.25) is 4.90 Å². The number of alkyl halides is 1. The van der Waals surface area contributed by atoms with Crippen molar-refractivity contribution in [3.05, 3.63) is 28.7 Å². The van der Waals surface area contributed by atoms with Crippen LogP contribution in [0.3, 0.4) is 0 Å². The molecule has 0 aromatic heterocycles. The summed E-state index contributed by atoms with van der Waals surface area (Å²) in [6, 6.07) is 8.71. The molecule has 0 bridgehead atoms. The van der Waals surface area contributed by atoms with Gasteiger partial charge in [-0.15, -0.1) is 0 Å². The number of ether oxygens (including phenoxy) is 1. The predicted molar refractivity (Wildman–Crippen MR) is 82.6 cm³/mol. The van der Waals surface area contributed by atoms with E-state index >= 15 is 0 Å². The molecule has 0 spiro atoms. The van der Waals surface area contributed by atoms with Crippen molar-refractivity contribution in [2.45, 2.75) is 25.3 Å². The van der Waals surface area contributed by atoms with Crippen LogP contribution in [-0.4, -0.2) is 36.0 Å². The number of hydrogen-bond donors (Lipinski definition) is 0. The number of halogens is 2. The summed E-state index contributed by atoms with van der Waals surface area (Å²) in [6.07, 6.45) is 3.99. The van der Waals surface area contributed by atoms with E-state index in [1.165, 1.54) is 25.8 Å². The van der Waals surface area contributed by atoms with Gasteiger partial charge < -0.3 is 4.74 Å². The topological polar surface area (TPSA) is 12.5 Å². The van der Waals surface area contributed by atoms with Crippen LogP contribution in [0, 0.1) is 0 Å². The van der Waals surface area contributed by atoms with Crippen molar-refractivity contribution in [2.24, 2.45) is 0 Å². The maximum Gasteiger partial charge on any atom is 0.119 e. The predicted octanol–water partition coefficient (Wildman–Crippen LogP) is 4.08. The fourth-order valence-corrected chi connectivity index (χ4v) is 3.34. The monoisotopic (exact) mass is 375 g/mol. The summed E-state index contributed by atoms with van der Waals surface area (Å²) in [4.78, 5) is 2.54. The minimum Gasteiger partial charge on any atom is -0.492 e. The van der Waals surface area contributed by atoms with Crippen LogP contribution in [0.15, 0.2) is 28.7 Å². The minimum absolute atomic E-state index is 0.687. The summed E-state index contributed by atoms with van der Waals surface area (Å²) >= 11 is 7.03. The molecule has 100 valence electrons. The van der Waals surface area contributed by atoms with E-state index in [0.29, 0.717) is 6.04 Å². The first-order chi connectivity index (χ1) is 8.79. The fraction of sp³-hybridized carbons (Fsp3) is 0.571. The lowest BCUT2D eigenvalue weighted by molar-refractivity contribution is 0.136. The lowest BCUT2D eigenvalue weighted by Crippen LogP contribution is -2.42. The van der Waals surface area contributed by atoms with Gasteiger partial charge in [0.15, 0.2) is 0 Å². The summed E-state index contributed by atoms with van der Waals surface area (Å²) in [5.41, 5.74) is 0. The van der Waals surface area contributed by atoms with Gasteiger partial charge in [0.25, 0.3) is 0 Å². The number of piperidine rings is 1. The molecule has 2 rings (SSSR count). The molecule has 0 amide bonds. The molecule has 18 heavy (non-hydrogen) atoms. The van der Waals surface area contributed by atoms with Crippen molar-refractivity contribution in [1.29, 1.82) is 0 Å². The quantitative estimate of drug-likeness (QED) is 0.718. The summed E-state index contributed by atoms with van der Waals surface area (Å²) in [6.45, 7) is 3.00. The molecule has 0 saturated carbocycles. The zero-order valence-corrected chi connectivity index (χ0v) is 13.6. The molecule has 1 unspecified atom stereocenters. The van der Waals surface area contributed by atoms with Crippen molar-refractivity contribution >= 4 is 31.9 Å². The van der Waals surface area contributed by atoms with Gasteiger partial charge in [-0.2, -0.15) is 0 Å². The van der Waals surface area contributed by atoms with Crippen molar-refractivity contribution in [3.63, 3.8) is 0 Å². The molecule has 1 atom stereocenters. The van der Waals surface area contributed by atoms with Gasteiger partial charge >= 0.3 is 0 Å². The first-order valence-corrected chi connectivity index (χ1v) is 8.39. The lowest BCUT2D eigenvalue weighted by atomic mass is 10.0. The molecule has 1 aliphatic rings. The Morgan fingerprint density at radius 3 is 2.72 bits per heavy atom. The Hall–Kier alpha value is -0.0600. The number of likely N-dealkylation sites (tertiary alicyclic amines) is 1. The number of rotatable bonds is 5. The van der Waals surface area contributed by atoms with Crippen molar-refractivity contribution in [3.8, 4) is 5.75 Å². The summed E-state index contributed by atoms with van der Waals surface area (Å²) in [5.74, 6) is 0.950. The van der Waals surface area contributed by atoms with Gasteiger partial charge in [0, 0.05) is 22.4 Å². The average molecular weight is 377 g/mol. The first-order valence-electron chi connectivity index (χ1n) is 6.48. The molecule has 0 N–H and O–H groups in total. The van der Waals surface area contributed by atoms with Crippen molar-refractivity contribution in [1.82, 2.24) is 4.90 Å². The van der Waals surface area contributed by atoms with Gasteiger partial charge in [0.2, 0.25) is 0 Å². The Morgan fingerprint density at radius 1 is 1.22 bits per heavy atom. The largest absolute Gasteiger partial charge is 0.492 e. The van der Waals surface area contributed by atoms with E-state index in [9.17, 15) is 0 Å². The van der Waals surface area contributed by atoms with Crippen LogP contribution < -0.4 is 4.74 Å². The molecule has 0 aliphatic carbocycles. The maximum atomic E-state index is 5.78. The van der Waals surface area contributed by atoms with Crippen LogP contribution in [0.2, 0.25) is 0 Å². The second-order valence-electron chi connectivity index (χ2n) is 4.64. The Morgan fingerprint density at radius 2 is 2.00 bits per heavy atom. The molecule has 0 radical (unpaired) electrons. The molecule has 4 heteroatoms. The molecule has 1 aliphatic heterocycles. The minimum atomic E-state index is 0.687. The second kappa shape index (κ2) is 7.51. The Bertz CT molecular complexity index is 355. The van der Waals surface area contributed by atoms with E-state index in [1.54, 1.807) is 0 Å². The Kier molecular flexibility index (Phi) is 5.99. The highest BCUT2D eigenvalue weighted by atomic mass is 79.9. The highest BCUT2D eigenvalue weighted by Gasteiger charge is 2.20. The molecule has 1 heterocycles. The summed E-state index contributed by atoms with van der Waals surface area (Å²) in [7, 11) is 0. The SMILES string of the molecule is BrCC1CCCCN1CCOc1ccc(Br)cc1. The molecular formula is C14H19Br2NO. The zero-order valence-electron chi connectivity index (χ0n) is 10.4. The third kappa shape index (κ3) is 4.25. The van der Waals surface area contributed by atoms with Gasteiger partial charge in [0.1, 0.15) is 12.4 Å². The van der Waals surface area contributed by atoms with Crippen molar-refractivity contribution < 1.29 is 4.74 Å². The third-order valence-corrected chi connectivity index (χ3v) is 4.66. The standard InChI is InChI=1S/C14H19Br2NO/c15-11-13-3-1-2-8-17(13)9-10-18-14-6-4-12(16)5-7-14/h4-7,13H,1-3,8-11H2. The highest BCUT2D eigenvalue weighted by Crippen LogP contribution is 2.19. The molecule has 1 saturated heterocycles. The van der Waals surface area contributed by atoms with Crippen LogP contribution in [0.25, 0.3) is 0 Å². The van der Waals surface area contributed by atoms with E-state index in [1.807, 2.05) is 24.3 Å². The smallest absolute Gasteiger partial charge is 0.119 e. The summed E-state index contributed by atoms with van der Waals surface area (Å²) in [5, 5.41) is 1.07. The van der Waals surface area contributed by atoms with Gasteiger partial charge in [-0.25, -0.2) is 0 Å². The third-order valence-electron chi connectivity index (χ3n) is 3.39. The Balaban J connectivity index is 1.75. The van der Waals surface area contributed by atoms with E-state index in [4.69, 9.17) is 4.74 Å². The van der Waals surface area contributed by atoms with Crippen LogP contribution >= 0.6 is 31.9 Å². The zero-order chi connectivity index (χ0) is 12.8. The van der Waals surface area contributed by atoms with Gasteiger partial charge in [-0.1, -0.05) is 38.3 Å². The molecular weight excluding hydrogens is 358 g/mol. The number of hydrogen-bond acceptors (Lipinski definition) is 2. The van der Waals surface area contributed by atoms with E-state index in [2.05, 4.69) is 36.8 Å². The van der Waals surface area contributed by atoms with Gasteiger partial charge in [0.05, 0.1) is 0 Å². The van der Waals surface area contributed by atoms with Gasteiger partial charge in [-0.05, 0) is 43.7 Å². The lowest BCUT2D eigenvalue weighted by Gasteiger charge is -2.34. The molecule has 2 nitrogen and oxygen atoms in total. The molecule has 1 aromatic carbocycles. The normalized spacial score (nSPS) is 20.9. The number of nitrogens with zero attached hydrogens (tertiary/aromatic N) is 1. The van der Waals surface area contributed by atoms with Crippen molar-refractivity contribution in [2.75, 3.05) is 25.0 Å². The van der Waals surface area contributed by atoms with E-state index in [0.717, 1.165) is 28.7 Å². The fourth-order valence-electron chi connectivity index (χ4n) is 2.34. The number of benzene rings is 1. The van der Waals surface area contributed by atoms with E-state index < -0.39 is 0 Å². The first kappa shape index (κ1) is 14.4. The highest BCUT2D eigenvalue weighted by molar-refractivity contribution is 9.10. The maximum absolute atomic E-state index is 5.78. The van der Waals surface area contributed by atoms with Crippen LogP contribution in [0.4, 0.5) is 0 Å². The van der Waals surface area contributed by atoms with E-state index in [-0.39, 0.29) is 0 Å². The molecule has 1 fully saturated rings. The van der Waals surface area contributed by atoms with Crippen LogP contribution in [0.1, 0.15) is 19.3 Å². The second-order valence-corrected chi connectivity index (χ2v) is 6.21. The van der Waals surface area contributed by atoms with Crippen LogP contribution in [-0.2, 0) is 0 Å². The Labute approximate surface area is 126 Å². The average Bonchev–Trinajstić information content (AvgIpc) is 2.41. The van der Waals surface area contributed by atoms with Crippen LogP contribution in [0.5, 0.6) is 5.75 Å². The molecule has 1 aromatic rings. The summed E-state index contributed by atoms with van der Waals surface area (Å²) < 4.78 is 6.87.